The third-order valence-electron chi connectivity index (χ3n) is 5.43. The second-order valence-corrected chi connectivity index (χ2v) is 13.0. The quantitative estimate of drug-likeness (QED) is 0.118. The van der Waals surface area contributed by atoms with Crippen molar-refractivity contribution >= 4 is 54.6 Å². The van der Waals surface area contributed by atoms with Crippen LogP contribution in [0.1, 0.15) is 0 Å². The van der Waals surface area contributed by atoms with Crippen molar-refractivity contribution in [1.82, 2.24) is 5.32 Å². The normalized spacial score (nSPS) is 11.4. The minimum absolute atomic E-state index is 0. The maximum atomic E-state index is 12.0. The summed E-state index contributed by atoms with van der Waals surface area (Å²) < 4.78 is 0. The Kier molecular flexibility index (Phi) is 11.4. The monoisotopic (exact) mass is 603 g/mol. The van der Waals surface area contributed by atoms with Crippen molar-refractivity contribution < 1.29 is 24.3 Å². The third kappa shape index (κ3) is 7.44. The minimum Gasteiger partial charge on any atom is -0.378 e. The Balaban J connectivity index is 0.00000342. The number of hydrogen-bond acceptors (Lipinski definition) is 2. The Morgan fingerprint density at radius 3 is 1.43 bits per heavy atom. The van der Waals surface area contributed by atoms with E-state index in [0.717, 1.165) is 16.8 Å². The molecule has 0 aliphatic heterocycles. The molecule has 0 saturated carbocycles. The number of hydrogen-bond donors (Lipinski definition) is 1. The van der Waals surface area contributed by atoms with Crippen LogP contribution in [0.25, 0.3) is 0 Å². The summed E-state index contributed by atoms with van der Waals surface area (Å²) in [6.07, 6.45) is 0.896. The fourth-order valence-corrected chi connectivity index (χ4v) is 9.03. The predicted octanol–water partition coefficient (Wildman–Crippen LogP) is 5.12. The Hall–Kier alpha value is -2.10. The number of nitrogens with one attached hydrogen (secondary N) is 1. The van der Waals surface area contributed by atoms with E-state index in [1.165, 1.54) is 10.6 Å². The molecule has 4 aromatic rings. The van der Waals surface area contributed by atoms with Gasteiger partial charge in [0.05, 0.1) is 0 Å². The molecule has 0 fully saturated rings. The van der Waals surface area contributed by atoms with Crippen LogP contribution in [0.15, 0.2) is 127 Å². The van der Waals surface area contributed by atoms with E-state index < -0.39 is 21.0 Å². The van der Waals surface area contributed by atoms with E-state index in [0.29, 0.717) is 12.2 Å². The Bertz CT molecular complexity index is 1130. The van der Waals surface area contributed by atoms with Crippen LogP contribution in [0, 0.1) is 0 Å². The summed E-state index contributed by atoms with van der Waals surface area (Å²) in [5, 5.41) is 7.77. The van der Waals surface area contributed by atoms with Crippen molar-refractivity contribution in [2.75, 3.05) is 12.7 Å². The molecule has 4 rings (SSSR count). The van der Waals surface area contributed by atoms with Gasteiger partial charge in [-0.15, -0.1) is 11.6 Å². The van der Waals surface area contributed by atoms with E-state index in [9.17, 15) is 4.79 Å². The van der Waals surface area contributed by atoms with Crippen LogP contribution in [-0.2, 0) is 24.3 Å². The van der Waals surface area contributed by atoms with Crippen LogP contribution in [0.4, 0.5) is 0 Å². The molecule has 1 unspecified atom stereocenters. The largest absolute Gasteiger partial charge is 2.00 e. The maximum Gasteiger partial charge on any atom is 2.00 e. The first kappa shape index (κ1) is 27.5. The van der Waals surface area contributed by atoms with Crippen molar-refractivity contribution in [2.45, 2.75) is 5.12 Å². The summed E-state index contributed by atoms with van der Waals surface area (Å²) in [6.45, 7) is 0.649. The zero-order valence-electron chi connectivity index (χ0n) is 19.1. The molecule has 0 radical (unpaired) electrons. The minimum atomic E-state index is -0.968. The molecule has 2 nitrogen and oxygen atoms in total. The average molecular weight is 603 g/mol. The van der Waals surface area contributed by atoms with Gasteiger partial charge in [-0.3, -0.25) is 0 Å². The van der Waals surface area contributed by atoms with Gasteiger partial charge >= 0.3 is 19.5 Å². The van der Waals surface area contributed by atoms with Crippen LogP contribution >= 0.6 is 27.4 Å². The Labute approximate surface area is 228 Å². The van der Waals surface area contributed by atoms with Crippen molar-refractivity contribution in [3.8, 4) is 0 Å². The van der Waals surface area contributed by atoms with E-state index in [2.05, 4.69) is 84.1 Å². The van der Waals surface area contributed by atoms with Gasteiger partial charge in [-0.25, -0.2) is 4.79 Å². The predicted molar refractivity (Wildman–Crippen MR) is 150 cm³/mol. The molecule has 0 bridgehead atoms. The Morgan fingerprint density at radius 1 is 0.686 bits per heavy atom. The summed E-state index contributed by atoms with van der Waals surface area (Å²) in [7, 11) is -1.52. The maximum absolute atomic E-state index is 12.0. The number of benzene rings is 4. The van der Waals surface area contributed by atoms with Crippen molar-refractivity contribution in [3.05, 3.63) is 127 Å². The van der Waals surface area contributed by atoms with Gasteiger partial charge in [0.15, 0.2) is 0 Å². The van der Waals surface area contributed by atoms with Crippen LogP contribution in [0.2, 0.25) is 0 Å². The molecule has 176 valence electrons. The third-order valence-corrected chi connectivity index (χ3v) is 11.2. The van der Waals surface area contributed by atoms with Crippen molar-refractivity contribution in [1.29, 1.82) is 0 Å². The molecule has 1 atom stereocenters. The van der Waals surface area contributed by atoms with Gasteiger partial charge in [-0.2, -0.15) is 0 Å². The van der Waals surface area contributed by atoms with Crippen LogP contribution < -0.4 is 26.5 Å². The summed E-state index contributed by atoms with van der Waals surface area (Å²) in [5.41, 5.74) is 0.427. The SMILES string of the molecule is O=C=C(NCCP(c1ccccc1)c1ccccc1)C(Cl)P(c1ccccc1)c1ccccc1.[Ru+2]. The molecular formula is C29H26ClNOP2Ru+2. The molecule has 0 spiro atoms. The summed E-state index contributed by atoms with van der Waals surface area (Å²) >= 11 is 7.00. The van der Waals surface area contributed by atoms with Gasteiger partial charge in [0.25, 0.3) is 0 Å². The molecule has 35 heavy (non-hydrogen) atoms. The fraction of sp³-hybridized carbons (Fsp3) is 0.103. The first-order valence-electron chi connectivity index (χ1n) is 11.2. The smallest absolute Gasteiger partial charge is 0.378 e. The van der Waals surface area contributed by atoms with Gasteiger partial charge < -0.3 is 5.32 Å². The average Bonchev–Trinajstić information content (AvgIpc) is 2.91. The molecule has 0 aliphatic rings. The van der Waals surface area contributed by atoms with E-state index in [-0.39, 0.29) is 19.5 Å². The molecule has 0 saturated heterocycles. The van der Waals surface area contributed by atoms with E-state index in [1.807, 2.05) is 48.5 Å². The van der Waals surface area contributed by atoms with Crippen LogP contribution in [0.3, 0.4) is 0 Å². The van der Waals surface area contributed by atoms with Crippen molar-refractivity contribution in [2.24, 2.45) is 0 Å². The molecule has 1 N–H and O–H groups in total. The van der Waals surface area contributed by atoms with Crippen LogP contribution in [0.5, 0.6) is 0 Å². The van der Waals surface area contributed by atoms with E-state index in [1.54, 1.807) is 0 Å². The van der Waals surface area contributed by atoms with E-state index in [4.69, 9.17) is 11.6 Å². The van der Waals surface area contributed by atoms with Gasteiger partial charge in [0.2, 0.25) is 0 Å². The molecule has 0 aromatic heterocycles. The van der Waals surface area contributed by atoms with Crippen molar-refractivity contribution in [3.63, 3.8) is 0 Å². The summed E-state index contributed by atoms with van der Waals surface area (Å²) in [4.78, 5) is 12.0. The van der Waals surface area contributed by atoms with Gasteiger partial charge in [-0.05, 0) is 43.2 Å². The van der Waals surface area contributed by atoms with Gasteiger partial charge in [-0.1, -0.05) is 121 Å². The first-order valence-corrected chi connectivity index (χ1v) is 14.6. The second-order valence-electron chi connectivity index (χ2n) is 7.64. The van der Waals surface area contributed by atoms with E-state index >= 15 is 0 Å². The number of rotatable bonds is 10. The second kappa shape index (κ2) is 14.5. The number of allylic oxidation sites excluding steroid dienone is 1. The fourth-order valence-electron chi connectivity index (χ4n) is 3.81. The zero-order valence-corrected chi connectivity index (χ0v) is 23.4. The molecule has 4 aromatic carbocycles. The number of carbonyl (C=O) groups excluding carboxylic acids is 1. The molecule has 0 amide bonds. The van der Waals surface area contributed by atoms with Crippen LogP contribution in [-0.4, -0.2) is 23.8 Å². The summed E-state index contributed by atoms with van der Waals surface area (Å²) in [6, 6.07) is 41.5. The number of halogens is 1. The zero-order chi connectivity index (χ0) is 23.6. The topological polar surface area (TPSA) is 29.1 Å². The molecule has 0 heterocycles. The first-order chi connectivity index (χ1) is 16.8. The Morgan fingerprint density at radius 2 is 1.06 bits per heavy atom. The standard InChI is InChI=1S/C29H26ClNOP2.Ru/c30-29(34(26-17-9-3-10-18-26)27-19-11-4-12-20-27)28(23-32)31-21-22-33(24-13-5-1-6-14-24)25-15-7-2-8-16-25;/h1-20,29,31H,21-22H2;/q;+2. The summed E-state index contributed by atoms with van der Waals surface area (Å²) in [5.74, 6) is 2.12. The van der Waals surface area contributed by atoms with Gasteiger partial charge in [0, 0.05) is 6.54 Å². The molecule has 0 aliphatic carbocycles. The van der Waals surface area contributed by atoms with Gasteiger partial charge in [0.1, 0.15) is 16.8 Å². The molecular weight excluding hydrogens is 577 g/mol. The number of alkyl halides is 1. The molecule has 6 heteroatoms.